The molecule has 2 rings (SSSR count). The van der Waals surface area contributed by atoms with Gasteiger partial charge in [0.2, 0.25) is 5.91 Å². The van der Waals surface area contributed by atoms with E-state index in [9.17, 15) is 18.0 Å². The summed E-state index contributed by atoms with van der Waals surface area (Å²) in [6.07, 6.45) is -4.00. The molecule has 4 nitrogen and oxygen atoms in total. The van der Waals surface area contributed by atoms with Crippen molar-refractivity contribution < 1.29 is 22.7 Å². The van der Waals surface area contributed by atoms with Crippen molar-refractivity contribution >= 4 is 5.91 Å². The highest BCUT2D eigenvalue weighted by Gasteiger charge is 2.34. The summed E-state index contributed by atoms with van der Waals surface area (Å²) in [5.74, 6) is -0.221. The van der Waals surface area contributed by atoms with Crippen molar-refractivity contribution in [1.29, 1.82) is 0 Å². The Hall–Kier alpha value is -1.76. The maximum Gasteiger partial charge on any atom is 0.416 e. The van der Waals surface area contributed by atoms with Crippen LogP contribution in [0.25, 0.3) is 0 Å². The first-order chi connectivity index (χ1) is 10.8. The van der Waals surface area contributed by atoms with Gasteiger partial charge in [0.25, 0.3) is 0 Å². The van der Waals surface area contributed by atoms with Crippen molar-refractivity contribution in [1.82, 2.24) is 10.6 Å². The fourth-order valence-corrected chi connectivity index (χ4v) is 2.52. The lowest BCUT2D eigenvalue weighted by molar-refractivity contribution is -0.138. The summed E-state index contributed by atoms with van der Waals surface area (Å²) in [5, 5.41) is 5.65. The summed E-state index contributed by atoms with van der Waals surface area (Å²) >= 11 is 0. The van der Waals surface area contributed by atoms with E-state index in [2.05, 4.69) is 10.6 Å². The van der Waals surface area contributed by atoms with Crippen LogP contribution >= 0.6 is 0 Å². The molecular formula is C16H21F3N2O2. The molecule has 1 aliphatic heterocycles. The van der Waals surface area contributed by atoms with E-state index in [0.717, 1.165) is 12.6 Å². The van der Waals surface area contributed by atoms with Crippen LogP contribution in [0.3, 0.4) is 0 Å². The maximum atomic E-state index is 13.2. The van der Waals surface area contributed by atoms with Gasteiger partial charge in [0.1, 0.15) is 5.75 Å². The first kappa shape index (κ1) is 17.6. The number of alkyl halides is 3. The van der Waals surface area contributed by atoms with Crippen molar-refractivity contribution in [2.24, 2.45) is 5.92 Å². The van der Waals surface area contributed by atoms with Crippen molar-refractivity contribution in [3.05, 3.63) is 29.3 Å². The number of benzene rings is 1. The molecule has 1 heterocycles. The highest BCUT2D eigenvalue weighted by molar-refractivity contribution is 5.79. The largest absolute Gasteiger partial charge is 0.491 e. The summed E-state index contributed by atoms with van der Waals surface area (Å²) in [4.78, 5) is 11.9. The number of hydrogen-bond acceptors (Lipinski definition) is 3. The number of carbonyl (C=O) groups is 1. The van der Waals surface area contributed by atoms with Crippen LogP contribution in [0.1, 0.15) is 31.4 Å². The zero-order valence-corrected chi connectivity index (χ0v) is 13.2. The third kappa shape index (κ3) is 4.86. The molecular weight excluding hydrogens is 309 g/mol. The topological polar surface area (TPSA) is 50.4 Å². The normalized spacial score (nSPS) is 18.3. The molecule has 23 heavy (non-hydrogen) atoms. The molecule has 1 aromatic carbocycles. The Labute approximate surface area is 133 Å². The predicted molar refractivity (Wildman–Crippen MR) is 80.0 cm³/mol. The maximum absolute atomic E-state index is 13.2. The predicted octanol–water partition coefficient (Wildman–Crippen LogP) is 2.72. The van der Waals surface area contributed by atoms with Crippen molar-refractivity contribution in [3.8, 4) is 5.75 Å². The van der Waals surface area contributed by atoms with E-state index in [-0.39, 0.29) is 35.8 Å². The van der Waals surface area contributed by atoms with Crippen LogP contribution in [0.5, 0.6) is 5.75 Å². The molecule has 1 atom stereocenters. The van der Waals surface area contributed by atoms with Crippen LogP contribution in [0.4, 0.5) is 13.2 Å². The average molecular weight is 330 g/mol. The molecule has 1 unspecified atom stereocenters. The smallest absolute Gasteiger partial charge is 0.416 e. The molecule has 0 aliphatic carbocycles. The Bertz CT molecular complexity index is 553. The van der Waals surface area contributed by atoms with Gasteiger partial charge >= 0.3 is 6.18 Å². The van der Waals surface area contributed by atoms with Gasteiger partial charge in [-0.3, -0.25) is 4.79 Å². The quantitative estimate of drug-likeness (QED) is 0.873. The second kappa shape index (κ2) is 7.21. The van der Waals surface area contributed by atoms with E-state index >= 15 is 0 Å². The number of carbonyl (C=O) groups excluding carboxylic acids is 1. The summed E-state index contributed by atoms with van der Waals surface area (Å²) < 4.78 is 45.0. The molecule has 1 fully saturated rings. The molecule has 0 spiro atoms. The van der Waals surface area contributed by atoms with Crippen LogP contribution < -0.4 is 15.4 Å². The van der Waals surface area contributed by atoms with Gasteiger partial charge < -0.3 is 15.4 Å². The van der Waals surface area contributed by atoms with Gasteiger partial charge in [-0.2, -0.15) is 13.2 Å². The van der Waals surface area contributed by atoms with Gasteiger partial charge in [-0.1, -0.05) is 6.07 Å². The van der Waals surface area contributed by atoms with E-state index in [4.69, 9.17) is 4.74 Å². The Morgan fingerprint density at radius 1 is 1.43 bits per heavy atom. The Morgan fingerprint density at radius 2 is 2.17 bits per heavy atom. The first-order valence-electron chi connectivity index (χ1n) is 7.62. The summed E-state index contributed by atoms with van der Waals surface area (Å²) in [6.45, 7) is 4.67. The number of halogens is 3. The molecule has 0 aromatic heterocycles. The molecule has 0 radical (unpaired) electrons. The van der Waals surface area contributed by atoms with E-state index in [0.29, 0.717) is 13.0 Å². The minimum Gasteiger partial charge on any atom is -0.491 e. The second-order valence-electron chi connectivity index (χ2n) is 5.89. The fraction of sp³-hybridized carbons (Fsp3) is 0.562. The van der Waals surface area contributed by atoms with Crippen LogP contribution in [0, 0.1) is 5.92 Å². The number of hydrogen-bond donors (Lipinski definition) is 2. The zero-order valence-electron chi connectivity index (χ0n) is 13.2. The van der Waals surface area contributed by atoms with Crippen LogP contribution in [-0.4, -0.2) is 25.1 Å². The summed E-state index contributed by atoms with van der Waals surface area (Å²) in [5.41, 5.74) is -0.742. The van der Waals surface area contributed by atoms with Crippen LogP contribution in [0.15, 0.2) is 18.2 Å². The molecule has 7 heteroatoms. The van der Waals surface area contributed by atoms with Crippen molar-refractivity contribution in [2.45, 2.75) is 39.1 Å². The lowest BCUT2D eigenvalue weighted by Gasteiger charge is -2.17. The Balaban J connectivity index is 2.11. The molecule has 1 aromatic rings. The third-order valence-corrected chi connectivity index (χ3v) is 3.64. The summed E-state index contributed by atoms with van der Waals surface area (Å²) in [7, 11) is 0. The lowest BCUT2D eigenvalue weighted by atomic mass is 10.0. The molecule has 0 bridgehead atoms. The van der Waals surface area contributed by atoms with Gasteiger partial charge in [0.15, 0.2) is 0 Å². The Morgan fingerprint density at radius 3 is 2.74 bits per heavy atom. The fourth-order valence-electron chi connectivity index (χ4n) is 2.52. The van der Waals surface area contributed by atoms with Gasteiger partial charge in [-0.05, 0) is 44.5 Å². The van der Waals surface area contributed by atoms with Gasteiger partial charge in [0, 0.05) is 13.1 Å². The SMILES string of the molecule is CC(C)Oc1ccc(CNC(=O)C2CCNC2)c(C(F)(F)F)c1. The molecule has 1 amide bonds. The minimum absolute atomic E-state index is 0.0351. The second-order valence-corrected chi connectivity index (χ2v) is 5.89. The number of ether oxygens (including phenoxy) is 1. The number of rotatable bonds is 5. The number of amides is 1. The molecule has 2 N–H and O–H groups in total. The third-order valence-electron chi connectivity index (χ3n) is 3.64. The highest BCUT2D eigenvalue weighted by Crippen LogP contribution is 2.34. The van der Waals surface area contributed by atoms with E-state index in [1.165, 1.54) is 12.1 Å². The van der Waals surface area contributed by atoms with Crippen molar-refractivity contribution in [2.75, 3.05) is 13.1 Å². The van der Waals surface area contributed by atoms with Gasteiger partial charge in [-0.25, -0.2) is 0 Å². The standard InChI is InChI=1S/C16H21F3N2O2/c1-10(2)23-13-4-3-11(14(7-13)16(17,18)19)9-21-15(22)12-5-6-20-8-12/h3-4,7,10,12,20H,5-6,8-9H2,1-2H3,(H,21,22). The molecule has 0 saturated carbocycles. The minimum atomic E-state index is -4.49. The lowest BCUT2D eigenvalue weighted by Crippen LogP contribution is -2.32. The number of nitrogens with one attached hydrogen (secondary N) is 2. The van der Waals surface area contributed by atoms with Crippen LogP contribution in [0.2, 0.25) is 0 Å². The van der Waals surface area contributed by atoms with Crippen molar-refractivity contribution in [3.63, 3.8) is 0 Å². The molecule has 128 valence electrons. The van der Waals surface area contributed by atoms with Gasteiger partial charge in [0.05, 0.1) is 17.6 Å². The van der Waals surface area contributed by atoms with E-state index in [1.54, 1.807) is 13.8 Å². The monoisotopic (exact) mass is 330 g/mol. The summed E-state index contributed by atoms with van der Waals surface area (Å²) in [6, 6.07) is 3.83. The Kier molecular flexibility index (Phi) is 5.51. The van der Waals surface area contributed by atoms with E-state index < -0.39 is 11.7 Å². The first-order valence-corrected chi connectivity index (χ1v) is 7.62. The molecule has 1 aliphatic rings. The molecule has 1 saturated heterocycles. The van der Waals surface area contributed by atoms with Gasteiger partial charge in [-0.15, -0.1) is 0 Å². The average Bonchev–Trinajstić information content (AvgIpc) is 2.98. The van der Waals surface area contributed by atoms with Crippen LogP contribution in [-0.2, 0) is 17.5 Å². The zero-order chi connectivity index (χ0) is 17.0. The highest BCUT2D eigenvalue weighted by atomic mass is 19.4. The van der Waals surface area contributed by atoms with E-state index in [1.807, 2.05) is 0 Å².